The van der Waals surface area contributed by atoms with Gasteiger partial charge in [0, 0.05) is 10.8 Å². The lowest BCUT2D eigenvalue weighted by molar-refractivity contribution is 0.389. The molecule has 2 aromatic carbocycles. The van der Waals surface area contributed by atoms with Crippen LogP contribution in [0.4, 0.5) is 0 Å². The third kappa shape index (κ3) is 3.70. The van der Waals surface area contributed by atoms with Gasteiger partial charge in [-0.15, -0.1) is 11.8 Å². The van der Waals surface area contributed by atoms with Gasteiger partial charge in [0.15, 0.2) is 0 Å². The number of thioether (sulfide) groups is 1. The molecule has 0 spiro atoms. The van der Waals surface area contributed by atoms with Gasteiger partial charge in [-0.2, -0.15) is 0 Å². The normalized spacial score (nSPS) is 16.1. The molecular weight excluding hydrogens is 298 g/mol. The quantitative estimate of drug-likeness (QED) is 0.681. The molecule has 0 saturated heterocycles. The van der Waals surface area contributed by atoms with Crippen LogP contribution in [0, 0.1) is 0 Å². The summed E-state index contributed by atoms with van der Waals surface area (Å²) < 4.78 is 0. The maximum Gasteiger partial charge on any atom is 0.0102 e. The predicted molar refractivity (Wildman–Crippen MR) is 103 cm³/mol. The molecule has 1 nitrogen and oxygen atoms in total. The zero-order valence-corrected chi connectivity index (χ0v) is 15.1. The summed E-state index contributed by atoms with van der Waals surface area (Å²) in [6.07, 6.45) is 9.13. The summed E-state index contributed by atoms with van der Waals surface area (Å²) >= 11 is 1.83. The highest BCUT2D eigenvalue weighted by atomic mass is 32.2. The first-order valence-corrected chi connectivity index (χ1v) is 9.51. The van der Waals surface area contributed by atoms with Crippen molar-refractivity contribution in [1.82, 2.24) is 4.90 Å². The van der Waals surface area contributed by atoms with Gasteiger partial charge in [-0.05, 0) is 74.1 Å². The van der Waals surface area contributed by atoms with E-state index in [9.17, 15) is 0 Å². The van der Waals surface area contributed by atoms with Gasteiger partial charge in [-0.1, -0.05) is 42.5 Å². The Labute approximate surface area is 144 Å². The molecule has 0 fully saturated rings. The highest BCUT2D eigenvalue weighted by molar-refractivity contribution is 7.98. The Balaban J connectivity index is 2.02. The number of hydrogen-bond donors (Lipinski definition) is 0. The molecule has 2 aromatic rings. The molecule has 2 heteroatoms. The van der Waals surface area contributed by atoms with Crippen molar-refractivity contribution in [2.45, 2.75) is 23.7 Å². The Kier molecular flexibility index (Phi) is 5.24. The molecule has 1 aliphatic carbocycles. The number of hydrogen-bond acceptors (Lipinski definition) is 2. The summed E-state index contributed by atoms with van der Waals surface area (Å²) in [5.74, 6) is 0.489. The van der Waals surface area contributed by atoms with Crippen LogP contribution in [0.2, 0.25) is 0 Å². The minimum absolute atomic E-state index is 0.489. The van der Waals surface area contributed by atoms with Crippen LogP contribution in [-0.2, 0) is 0 Å². The molecule has 0 saturated carbocycles. The average molecular weight is 324 g/mol. The van der Waals surface area contributed by atoms with Crippen LogP contribution in [-0.4, -0.2) is 31.8 Å². The Morgan fingerprint density at radius 2 is 1.70 bits per heavy atom. The first-order chi connectivity index (χ1) is 11.2. The third-order valence-electron chi connectivity index (χ3n) is 4.58. The lowest BCUT2D eigenvalue weighted by atomic mass is 9.84. The van der Waals surface area contributed by atoms with E-state index in [0.29, 0.717) is 5.92 Å². The van der Waals surface area contributed by atoms with E-state index < -0.39 is 0 Å². The second-order valence-electron chi connectivity index (χ2n) is 6.46. The fraction of sp³-hybridized carbons (Fsp3) is 0.333. The second-order valence-corrected chi connectivity index (χ2v) is 7.33. The van der Waals surface area contributed by atoms with E-state index >= 15 is 0 Å². The zero-order valence-electron chi connectivity index (χ0n) is 14.3. The van der Waals surface area contributed by atoms with Crippen LogP contribution >= 0.6 is 11.8 Å². The molecule has 23 heavy (non-hydrogen) atoms. The average Bonchev–Trinajstić information content (AvgIpc) is 2.71. The smallest absolute Gasteiger partial charge is 0.0102 e. The van der Waals surface area contributed by atoms with Crippen molar-refractivity contribution in [3.8, 4) is 0 Å². The van der Waals surface area contributed by atoms with Crippen molar-refractivity contribution in [3.63, 3.8) is 0 Å². The minimum atomic E-state index is 0.489. The van der Waals surface area contributed by atoms with Crippen LogP contribution in [0.3, 0.4) is 0 Å². The third-order valence-corrected chi connectivity index (χ3v) is 5.31. The van der Waals surface area contributed by atoms with Crippen molar-refractivity contribution in [1.29, 1.82) is 0 Å². The van der Waals surface area contributed by atoms with Gasteiger partial charge in [-0.25, -0.2) is 0 Å². The van der Waals surface area contributed by atoms with Crippen molar-refractivity contribution in [3.05, 3.63) is 64.7 Å². The Morgan fingerprint density at radius 1 is 0.957 bits per heavy atom. The summed E-state index contributed by atoms with van der Waals surface area (Å²) in [4.78, 5) is 3.63. The van der Waals surface area contributed by atoms with Gasteiger partial charge in [-0.3, -0.25) is 0 Å². The number of nitrogens with zero attached hydrogens (tertiary/aromatic N) is 1. The SMILES string of the molecule is CSc1ccc2c(c1)C(CCCN(C)C)c1ccccc1C=C2. The molecule has 0 aromatic heterocycles. The first kappa shape index (κ1) is 16.4. The second kappa shape index (κ2) is 7.37. The van der Waals surface area contributed by atoms with Crippen LogP contribution in [0.5, 0.6) is 0 Å². The number of rotatable bonds is 5. The summed E-state index contributed by atoms with van der Waals surface area (Å²) in [5.41, 5.74) is 5.69. The van der Waals surface area contributed by atoms with Crippen LogP contribution in [0.25, 0.3) is 12.2 Å². The molecule has 1 atom stereocenters. The van der Waals surface area contributed by atoms with Gasteiger partial charge in [0.05, 0.1) is 0 Å². The van der Waals surface area contributed by atoms with Crippen LogP contribution in [0.15, 0.2) is 47.4 Å². The maximum absolute atomic E-state index is 2.40. The maximum atomic E-state index is 2.40. The fourth-order valence-corrected chi connectivity index (χ4v) is 3.83. The lowest BCUT2D eigenvalue weighted by Crippen LogP contribution is -2.14. The van der Waals surface area contributed by atoms with Crippen molar-refractivity contribution in [2.24, 2.45) is 0 Å². The largest absolute Gasteiger partial charge is 0.309 e. The zero-order chi connectivity index (χ0) is 16.2. The Hall–Kier alpha value is -1.51. The van der Waals surface area contributed by atoms with E-state index in [2.05, 4.69) is 79.9 Å². The van der Waals surface area contributed by atoms with E-state index in [4.69, 9.17) is 0 Å². The highest BCUT2D eigenvalue weighted by Gasteiger charge is 2.21. The summed E-state index contributed by atoms with van der Waals surface area (Å²) in [5, 5.41) is 0. The summed E-state index contributed by atoms with van der Waals surface area (Å²) in [7, 11) is 4.31. The van der Waals surface area contributed by atoms with Gasteiger partial charge < -0.3 is 4.90 Å². The van der Waals surface area contributed by atoms with E-state index in [1.807, 2.05) is 11.8 Å². The minimum Gasteiger partial charge on any atom is -0.309 e. The molecule has 0 amide bonds. The summed E-state index contributed by atoms with van der Waals surface area (Å²) in [6.45, 7) is 1.14. The Morgan fingerprint density at radius 3 is 2.43 bits per heavy atom. The van der Waals surface area contributed by atoms with E-state index in [-0.39, 0.29) is 0 Å². The Bertz CT molecular complexity index is 703. The fourth-order valence-electron chi connectivity index (χ4n) is 3.38. The van der Waals surface area contributed by atoms with Gasteiger partial charge in [0.25, 0.3) is 0 Å². The van der Waals surface area contributed by atoms with Crippen LogP contribution < -0.4 is 0 Å². The topological polar surface area (TPSA) is 3.24 Å². The number of benzene rings is 2. The lowest BCUT2D eigenvalue weighted by Gasteiger charge is -2.22. The van der Waals surface area contributed by atoms with Gasteiger partial charge in [0.2, 0.25) is 0 Å². The standard InChI is InChI=1S/C21H25NS/c1-22(2)14-6-9-20-19-8-5-4-7-16(19)10-11-17-12-13-18(23-3)15-21(17)20/h4-5,7-8,10-13,15,20H,6,9,14H2,1-3H3. The van der Waals surface area contributed by atoms with E-state index in [1.165, 1.54) is 40.0 Å². The highest BCUT2D eigenvalue weighted by Crippen LogP contribution is 2.38. The molecule has 3 rings (SSSR count). The molecule has 0 bridgehead atoms. The monoisotopic (exact) mass is 323 g/mol. The van der Waals surface area contributed by atoms with E-state index in [0.717, 1.165) is 6.54 Å². The van der Waals surface area contributed by atoms with Gasteiger partial charge >= 0.3 is 0 Å². The molecule has 0 heterocycles. The molecule has 0 N–H and O–H groups in total. The van der Waals surface area contributed by atoms with E-state index in [1.54, 1.807) is 0 Å². The molecule has 120 valence electrons. The first-order valence-electron chi connectivity index (χ1n) is 8.28. The number of fused-ring (bicyclic) bond motifs is 2. The van der Waals surface area contributed by atoms with Crippen LogP contribution in [0.1, 0.15) is 41.0 Å². The molecule has 0 radical (unpaired) electrons. The van der Waals surface area contributed by atoms with Crippen molar-refractivity contribution >= 4 is 23.9 Å². The van der Waals surface area contributed by atoms with Crippen molar-refractivity contribution in [2.75, 3.05) is 26.9 Å². The van der Waals surface area contributed by atoms with Crippen molar-refractivity contribution < 1.29 is 0 Å². The molecule has 0 aliphatic heterocycles. The van der Waals surface area contributed by atoms with Gasteiger partial charge in [0.1, 0.15) is 0 Å². The summed E-state index contributed by atoms with van der Waals surface area (Å²) in [6, 6.07) is 15.8. The molecular formula is C21H25NS. The molecule has 1 aliphatic rings. The molecule has 1 unspecified atom stereocenters. The predicted octanol–water partition coefficient (Wildman–Crippen LogP) is 5.37.